The summed E-state index contributed by atoms with van der Waals surface area (Å²) in [6, 6.07) is 39.6. The first-order valence-electron chi connectivity index (χ1n) is 10.8. The lowest BCUT2D eigenvalue weighted by atomic mass is 9.94. The van der Waals surface area contributed by atoms with Crippen LogP contribution in [0.2, 0.25) is 0 Å². The van der Waals surface area contributed by atoms with Gasteiger partial charge in [0.25, 0.3) is 0 Å². The third-order valence-corrected chi connectivity index (χ3v) is 7.01. The third-order valence-electron chi connectivity index (χ3n) is 6.55. The van der Waals surface area contributed by atoms with E-state index >= 15 is 0 Å². The van der Waals surface area contributed by atoms with Gasteiger partial charge in [-0.1, -0.05) is 88.7 Å². The van der Waals surface area contributed by atoms with E-state index in [2.05, 4.69) is 130 Å². The molecule has 0 bridgehead atoms. The molecule has 1 nitrogen and oxygen atoms in total. The highest BCUT2D eigenvalue weighted by molar-refractivity contribution is 9.10. The number of nitrogens with zero attached hydrogens (tertiary/aromatic N) is 1. The van der Waals surface area contributed by atoms with Crippen molar-refractivity contribution < 1.29 is 0 Å². The Labute approximate surface area is 194 Å². The zero-order chi connectivity index (χ0) is 21.2. The number of aromatic nitrogens is 1. The SMILES string of the molecule is Brc1cc2ccc3cc(-c4cccc5ccccc45)cc4c3c2c(c1)n4-c1ccccc1. The second-order valence-electron chi connectivity index (χ2n) is 8.38. The van der Waals surface area contributed by atoms with Crippen molar-refractivity contribution in [3.8, 4) is 16.8 Å². The fourth-order valence-electron chi connectivity index (χ4n) is 5.22. The molecule has 0 radical (unpaired) electrons. The van der Waals surface area contributed by atoms with Gasteiger partial charge in [-0.05, 0) is 69.1 Å². The van der Waals surface area contributed by atoms with Crippen molar-refractivity contribution in [3.05, 3.63) is 114 Å². The van der Waals surface area contributed by atoms with Crippen LogP contribution in [0.25, 0.3) is 60.2 Å². The van der Waals surface area contributed by atoms with Gasteiger partial charge in [-0.2, -0.15) is 0 Å². The van der Waals surface area contributed by atoms with Gasteiger partial charge in [0.2, 0.25) is 0 Å². The van der Waals surface area contributed by atoms with Crippen molar-refractivity contribution in [1.29, 1.82) is 0 Å². The van der Waals surface area contributed by atoms with E-state index in [-0.39, 0.29) is 0 Å². The quantitative estimate of drug-likeness (QED) is 0.221. The highest BCUT2D eigenvalue weighted by Crippen LogP contribution is 2.43. The summed E-state index contributed by atoms with van der Waals surface area (Å²) >= 11 is 3.74. The minimum atomic E-state index is 1.10. The fourth-order valence-corrected chi connectivity index (χ4v) is 5.68. The van der Waals surface area contributed by atoms with E-state index in [4.69, 9.17) is 0 Å². The lowest BCUT2D eigenvalue weighted by Gasteiger charge is -2.11. The van der Waals surface area contributed by atoms with Gasteiger partial charge in [-0.25, -0.2) is 0 Å². The highest BCUT2D eigenvalue weighted by Gasteiger charge is 2.19. The number of benzene rings is 6. The third kappa shape index (κ3) is 2.50. The Morgan fingerprint density at radius 2 is 1.22 bits per heavy atom. The molecule has 1 aromatic heterocycles. The summed E-state index contributed by atoms with van der Waals surface area (Å²) in [4.78, 5) is 0. The maximum atomic E-state index is 3.74. The molecule has 7 aromatic rings. The predicted octanol–water partition coefficient (Wildman–Crippen LogP) is 8.96. The number of para-hydroxylation sites is 1. The van der Waals surface area contributed by atoms with Gasteiger partial charge < -0.3 is 4.57 Å². The van der Waals surface area contributed by atoms with Gasteiger partial charge in [0.05, 0.1) is 11.0 Å². The van der Waals surface area contributed by atoms with E-state index in [1.165, 1.54) is 60.2 Å². The van der Waals surface area contributed by atoms with Crippen molar-refractivity contribution in [3.63, 3.8) is 0 Å². The van der Waals surface area contributed by atoms with Gasteiger partial charge in [-0.15, -0.1) is 0 Å². The maximum absolute atomic E-state index is 3.74. The predicted molar refractivity (Wildman–Crippen MR) is 140 cm³/mol. The van der Waals surface area contributed by atoms with Gasteiger partial charge in [-0.3, -0.25) is 0 Å². The Morgan fingerprint density at radius 3 is 2.06 bits per heavy atom. The molecule has 0 aliphatic rings. The number of halogens is 1. The van der Waals surface area contributed by atoms with Crippen molar-refractivity contribution in [2.45, 2.75) is 0 Å². The first-order chi connectivity index (χ1) is 15.8. The molecule has 0 spiro atoms. The topological polar surface area (TPSA) is 4.93 Å². The molecule has 32 heavy (non-hydrogen) atoms. The summed E-state index contributed by atoms with van der Waals surface area (Å²) in [5.41, 5.74) is 6.17. The van der Waals surface area contributed by atoms with E-state index in [1.54, 1.807) is 0 Å². The van der Waals surface area contributed by atoms with Crippen LogP contribution in [-0.2, 0) is 0 Å². The van der Waals surface area contributed by atoms with Crippen LogP contribution >= 0.6 is 15.9 Å². The molecular weight excluding hydrogens is 454 g/mol. The summed E-state index contributed by atoms with van der Waals surface area (Å²) in [5.74, 6) is 0. The van der Waals surface area contributed by atoms with Crippen molar-refractivity contribution in [2.75, 3.05) is 0 Å². The Morgan fingerprint density at radius 1 is 0.531 bits per heavy atom. The number of fused-ring (bicyclic) bond motifs is 1. The van der Waals surface area contributed by atoms with Crippen LogP contribution in [0.5, 0.6) is 0 Å². The molecule has 2 heteroatoms. The second-order valence-corrected chi connectivity index (χ2v) is 9.30. The average molecular weight is 472 g/mol. The molecule has 0 fully saturated rings. The van der Waals surface area contributed by atoms with Crippen LogP contribution in [0.3, 0.4) is 0 Å². The van der Waals surface area contributed by atoms with Crippen molar-refractivity contribution >= 4 is 59.3 Å². The van der Waals surface area contributed by atoms with Crippen molar-refractivity contribution in [2.24, 2.45) is 0 Å². The Bertz CT molecular complexity index is 1770. The summed E-state index contributed by atoms with van der Waals surface area (Å²) in [5, 5.41) is 7.75. The number of hydrogen-bond donors (Lipinski definition) is 0. The van der Waals surface area contributed by atoms with E-state index in [0.717, 1.165) is 4.47 Å². The van der Waals surface area contributed by atoms with Gasteiger partial charge in [0, 0.05) is 20.9 Å². The lowest BCUT2D eigenvalue weighted by molar-refractivity contribution is 1.18. The summed E-state index contributed by atoms with van der Waals surface area (Å²) in [6.45, 7) is 0. The monoisotopic (exact) mass is 471 g/mol. The normalized spacial score (nSPS) is 11.9. The Kier molecular flexibility index (Phi) is 3.76. The van der Waals surface area contributed by atoms with Gasteiger partial charge in [0.15, 0.2) is 0 Å². The minimum absolute atomic E-state index is 1.10. The molecule has 0 amide bonds. The largest absolute Gasteiger partial charge is 0.309 e. The fraction of sp³-hybridized carbons (Fsp3) is 0. The van der Waals surface area contributed by atoms with Crippen LogP contribution in [0.1, 0.15) is 0 Å². The zero-order valence-corrected chi connectivity index (χ0v) is 18.8. The smallest absolute Gasteiger partial charge is 0.0558 e. The van der Waals surface area contributed by atoms with E-state index < -0.39 is 0 Å². The molecule has 0 unspecified atom stereocenters. The van der Waals surface area contributed by atoms with Crippen molar-refractivity contribution in [1.82, 2.24) is 4.57 Å². The molecule has 6 aromatic carbocycles. The van der Waals surface area contributed by atoms with Crippen LogP contribution in [0, 0.1) is 0 Å². The lowest BCUT2D eigenvalue weighted by Crippen LogP contribution is -1.93. The molecular formula is C30H18BrN. The number of rotatable bonds is 2. The van der Waals surface area contributed by atoms with E-state index in [9.17, 15) is 0 Å². The molecule has 150 valence electrons. The standard InChI is InChI=1S/C30H18BrN/c31-23-16-21-14-13-20-15-22(26-12-6-8-19-7-4-5-11-25(19)26)17-27-29(20)30(21)28(18-23)32(27)24-9-2-1-3-10-24/h1-18H. The Balaban J connectivity index is 1.67. The van der Waals surface area contributed by atoms with E-state index in [1.807, 2.05) is 0 Å². The molecule has 0 N–H and O–H groups in total. The molecule has 0 aliphatic carbocycles. The van der Waals surface area contributed by atoms with Crippen LogP contribution in [0.4, 0.5) is 0 Å². The Hall–Kier alpha value is -3.62. The first kappa shape index (κ1) is 18.0. The maximum Gasteiger partial charge on any atom is 0.0558 e. The molecule has 0 aliphatic heterocycles. The van der Waals surface area contributed by atoms with E-state index in [0.29, 0.717) is 0 Å². The number of hydrogen-bond acceptors (Lipinski definition) is 0. The second kappa shape index (κ2) is 6.69. The molecule has 0 atom stereocenters. The summed E-state index contributed by atoms with van der Waals surface area (Å²) < 4.78 is 3.51. The molecule has 7 rings (SSSR count). The summed E-state index contributed by atoms with van der Waals surface area (Å²) in [6.07, 6.45) is 0. The molecule has 1 heterocycles. The van der Waals surface area contributed by atoms with Crippen LogP contribution in [-0.4, -0.2) is 4.57 Å². The summed E-state index contributed by atoms with van der Waals surface area (Å²) in [7, 11) is 0. The zero-order valence-electron chi connectivity index (χ0n) is 17.2. The van der Waals surface area contributed by atoms with Gasteiger partial charge >= 0.3 is 0 Å². The highest BCUT2D eigenvalue weighted by atomic mass is 79.9. The van der Waals surface area contributed by atoms with Gasteiger partial charge in [0.1, 0.15) is 0 Å². The minimum Gasteiger partial charge on any atom is -0.309 e. The molecule has 0 saturated carbocycles. The molecule has 0 saturated heterocycles. The first-order valence-corrected chi connectivity index (χ1v) is 11.6. The van der Waals surface area contributed by atoms with Crippen LogP contribution in [0.15, 0.2) is 114 Å². The van der Waals surface area contributed by atoms with Crippen LogP contribution < -0.4 is 0 Å². The average Bonchev–Trinajstić information content (AvgIpc) is 3.16.